The average Bonchev–Trinajstić information content (AvgIpc) is 2.50. The van der Waals surface area contributed by atoms with E-state index in [2.05, 4.69) is 6.92 Å². The van der Waals surface area contributed by atoms with Crippen molar-refractivity contribution in [3.63, 3.8) is 0 Å². The van der Waals surface area contributed by atoms with Gasteiger partial charge in [0.05, 0.1) is 10.1 Å². The molecule has 0 radical (unpaired) electrons. The molecule has 6 heteroatoms. The first-order chi connectivity index (χ1) is 11.0. The van der Waals surface area contributed by atoms with Gasteiger partial charge in [0, 0.05) is 11.9 Å². The van der Waals surface area contributed by atoms with Crippen LogP contribution >= 0.6 is 0 Å². The summed E-state index contributed by atoms with van der Waals surface area (Å²) in [6.45, 7) is 2.36. The van der Waals surface area contributed by atoms with Crippen LogP contribution in [0.3, 0.4) is 0 Å². The Kier molecular flexibility index (Phi) is 22.3. The van der Waals surface area contributed by atoms with Crippen molar-refractivity contribution in [1.29, 1.82) is 0 Å². The van der Waals surface area contributed by atoms with Gasteiger partial charge in [0.25, 0.3) is 0 Å². The normalized spacial score (nSPS) is 12.8. The van der Waals surface area contributed by atoms with Gasteiger partial charge in [0.2, 0.25) is 0 Å². The molecule has 0 aliphatic carbocycles. The third-order valence-corrected chi connectivity index (χ3v) is 5.76. The van der Waals surface area contributed by atoms with Gasteiger partial charge in [-0.3, -0.25) is 0 Å². The molecule has 0 fully saturated rings. The van der Waals surface area contributed by atoms with Crippen LogP contribution in [0.25, 0.3) is 0 Å². The van der Waals surface area contributed by atoms with Crippen molar-refractivity contribution in [2.45, 2.75) is 108 Å². The molecule has 0 spiro atoms. The SMILES string of the molecule is CCCCCCCCCCCCC(CCCCCO)S(=O)(=O)[O-].[K+]. The van der Waals surface area contributed by atoms with Crippen molar-refractivity contribution in [2.75, 3.05) is 6.61 Å². The molecule has 0 saturated carbocycles. The van der Waals surface area contributed by atoms with Gasteiger partial charge < -0.3 is 9.66 Å². The van der Waals surface area contributed by atoms with E-state index in [1.54, 1.807) is 0 Å². The maximum absolute atomic E-state index is 11.3. The maximum atomic E-state index is 11.3. The van der Waals surface area contributed by atoms with E-state index in [1.165, 1.54) is 44.9 Å². The predicted molar refractivity (Wildman–Crippen MR) is 95.5 cm³/mol. The Labute approximate surface area is 192 Å². The fourth-order valence-electron chi connectivity index (χ4n) is 2.95. The zero-order valence-corrected chi connectivity index (χ0v) is 19.9. The predicted octanol–water partition coefficient (Wildman–Crippen LogP) is 1.77. The molecule has 0 bridgehead atoms. The Hall–Kier alpha value is 1.51. The third-order valence-electron chi connectivity index (χ3n) is 4.47. The largest absolute Gasteiger partial charge is 1.00 e. The zero-order chi connectivity index (χ0) is 17.4. The van der Waals surface area contributed by atoms with Crippen LogP contribution in [0, 0.1) is 0 Å². The van der Waals surface area contributed by atoms with E-state index in [9.17, 15) is 13.0 Å². The van der Waals surface area contributed by atoms with E-state index in [4.69, 9.17) is 5.11 Å². The molecule has 0 aromatic carbocycles. The summed E-state index contributed by atoms with van der Waals surface area (Å²) < 4.78 is 33.8. The van der Waals surface area contributed by atoms with E-state index in [0.29, 0.717) is 25.7 Å². The molecule has 0 amide bonds. The summed E-state index contributed by atoms with van der Waals surface area (Å²) >= 11 is 0. The molecule has 1 atom stereocenters. The fourth-order valence-corrected chi connectivity index (χ4v) is 3.86. The molecular weight excluding hydrogens is 351 g/mol. The summed E-state index contributed by atoms with van der Waals surface area (Å²) in [6.07, 6.45) is 15.2. The van der Waals surface area contributed by atoms with E-state index in [0.717, 1.165) is 25.7 Å². The number of hydrogen-bond acceptors (Lipinski definition) is 4. The first-order valence-corrected chi connectivity index (χ1v) is 11.0. The molecule has 4 nitrogen and oxygen atoms in total. The molecule has 0 saturated heterocycles. The second-order valence-electron chi connectivity index (χ2n) is 6.66. The summed E-state index contributed by atoms with van der Waals surface area (Å²) in [5.74, 6) is 0. The molecule has 0 aliphatic rings. The van der Waals surface area contributed by atoms with Gasteiger partial charge in [-0.15, -0.1) is 0 Å². The van der Waals surface area contributed by atoms with Crippen LogP contribution in [0.1, 0.15) is 103 Å². The minimum Gasteiger partial charge on any atom is -0.748 e. The summed E-state index contributed by atoms with van der Waals surface area (Å²) in [5.41, 5.74) is 0. The maximum Gasteiger partial charge on any atom is 1.00 e. The molecule has 0 heterocycles. The summed E-state index contributed by atoms with van der Waals surface area (Å²) in [4.78, 5) is 0. The van der Waals surface area contributed by atoms with Crippen molar-refractivity contribution in [3.8, 4) is 0 Å². The molecule has 0 rings (SSSR count). The van der Waals surface area contributed by atoms with E-state index >= 15 is 0 Å². The smallest absolute Gasteiger partial charge is 0.748 e. The van der Waals surface area contributed by atoms with E-state index in [-0.39, 0.29) is 58.0 Å². The van der Waals surface area contributed by atoms with Crippen LogP contribution in [0.2, 0.25) is 0 Å². The van der Waals surface area contributed by atoms with Crippen LogP contribution in [-0.4, -0.2) is 29.9 Å². The van der Waals surface area contributed by atoms with Crippen LogP contribution in [0.15, 0.2) is 0 Å². The van der Waals surface area contributed by atoms with E-state index < -0.39 is 15.4 Å². The average molecular weight is 389 g/mol. The molecule has 140 valence electrons. The van der Waals surface area contributed by atoms with E-state index in [1.807, 2.05) is 0 Å². The monoisotopic (exact) mass is 388 g/mol. The standard InChI is InChI=1S/C18H38O4S.K/c1-2-3-4-5-6-7-8-9-10-12-15-18(23(20,21)22)16-13-11-14-17-19;/h18-19H,2-17H2,1H3,(H,20,21,22);/q;+1/p-1. The summed E-state index contributed by atoms with van der Waals surface area (Å²) in [6, 6.07) is 0. The molecule has 24 heavy (non-hydrogen) atoms. The van der Waals surface area contributed by atoms with Gasteiger partial charge >= 0.3 is 51.4 Å². The van der Waals surface area contributed by atoms with Crippen molar-refractivity contribution < 1.29 is 69.5 Å². The zero-order valence-electron chi connectivity index (χ0n) is 16.0. The molecule has 0 aliphatic heterocycles. The second-order valence-corrected chi connectivity index (χ2v) is 8.31. The van der Waals surface area contributed by atoms with Gasteiger partial charge in [0.15, 0.2) is 0 Å². The number of hydrogen-bond donors (Lipinski definition) is 1. The van der Waals surface area contributed by atoms with Crippen molar-refractivity contribution in [1.82, 2.24) is 0 Å². The van der Waals surface area contributed by atoms with Crippen molar-refractivity contribution in [2.24, 2.45) is 0 Å². The quantitative estimate of drug-likeness (QED) is 0.234. The first-order valence-electron chi connectivity index (χ1n) is 9.58. The van der Waals surface area contributed by atoms with Crippen LogP contribution in [0.5, 0.6) is 0 Å². The van der Waals surface area contributed by atoms with Gasteiger partial charge in [-0.25, -0.2) is 8.42 Å². The van der Waals surface area contributed by atoms with Gasteiger partial charge in [0.1, 0.15) is 0 Å². The summed E-state index contributed by atoms with van der Waals surface area (Å²) in [5, 5.41) is 7.99. The Morgan fingerprint density at radius 1 is 0.750 bits per heavy atom. The molecule has 1 unspecified atom stereocenters. The van der Waals surface area contributed by atoms with Crippen molar-refractivity contribution in [3.05, 3.63) is 0 Å². The second kappa shape index (κ2) is 19.3. The van der Waals surface area contributed by atoms with Crippen LogP contribution in [-0.2, 0) is 10.1 Å². The van der Waals surface area contributed by atoms with Crippen molar-refractivity contribution >= 4 is 10.1 Å². The van der Waals surface area contributed by atoms with Gasteiger partial charge in [-0.2, -0.15) is 0 Å². The Morgan fingerprint density at radius 2 is 1.12 bits per heavy atom. The number of unbranched alkanes of at least 4 members (excludes halogenated alkanes) is 11. The molecule has 0 aromatic heterocycles. The molecular formula is C18H37KO4S. The number of rotatable bonds is 17. The Bertz CT molecular complexity index is 347. The number of aliphatic hydroxyl groups excluding tert-OH is 1. The van der Waals surface area contributed by atoms with Gasteiger partial charge in [-0.05, 0) is 19.3 Å². The van der Waals surface area contributed by atoms with Gasteiger partial charge in [-0.1, -0.05) is 84.0 Å². The Balaban J connectivity index is 0. The third kappa shape index (κ3) is 18.3. The van der Waals surface area contributed by atoms with Crippen LogP contribution < -0.4 is 51.4 Å². The number of aliphatic hydroxyl groups is 1. The fraction of sp³-hybridized carbons (Fsp3) is 1.00. The van der Waals surface area contributed by atoms with Crippen LogP contribution in [0.4, 0.5) is 0 Å². The molecule has 0 aromatic rings. The topological polar surface area (TPSA) is 77.4 Å². The first kappa shape index (κ1) is 27.7. The Morgan fingerprint density at radius 3 is 1.50 bits per heavy atom. The minimum atomic E-state index is -4.17. The summed E-state index contributed by atoms with van der Waals surface area (Å²) in [7, 11) is -4.17. The minimum absolute atomic E-state index is 0. The molecule has 1 N–H and O–H groups in total.